The maximum Gasteiger partial charge on any atom is 0.237 e. The molecule has 2 aliphatic heterocycles. The Bertz CT molecular complexity index is 710. The van der Waals surface area contributed by atoms with Crippen LogP contribution in [0.2, 0.25) is 0 Å². The molecular weight excluding hydrogens is 392 g/mol. The molecule has 0 bridgehead atoms. The molecule has 0 aromatic rings. The molecule has 8 nitrogen and oxygen atoms in total. The molecule has 1 atom stereocenters. The van der Waals surface area contributed by atoms with Crippen LogP contribution in [-0.4, -0.2) is 104 Å². The highest BCUT2D eigenvalue weighted by molar-refractivity contribution is 7.91. The molecule has 4 rings (SSSR count). The van der Waals surface area contributed by atoms with E-state index in [1.165, 1.54) is 0 Å². The lowest BCUT2D eigenvalue weighted by atomic mass is 10.1. The predicted molar refractivity (Wildman–Crippen MR) is 110 cm³/mol. The van der Waals surface area contributed by atoms with Crippen molar-refractivity contribution in [3.8, 4) is 0 Å². The fraction of sp³-hybridized carbons (Fsp3) is 0.900. The van der Waals surface area contributed by atoms with E-state index in [0.29, 0.717) is 25.6 Å². The minimum Gasteiger partial charge on any atom is -0.352 e. The molecule has 2 amide bonds. The van der Waals surface area contributed by atoms with E-state index in [9.17, 15) is 18.0 Å². The zero-order valence-electron chi connectivity index (χ0n) is 17.2. The molecule has 2 saturated carbocycles. The SMILES string of the molecule is O=C(CN1CCN(CC(=O)N(C2CCCC2)C2CCS(=O)(=O)C2)CC1)NC1CC1. The quantitative estimate of drug-likeness (QED) is 0.609. The summed E-state index contributed by atoms with van der Waals surface area (Å²) >= 11 is 0. The highest BCUT2D eigenvalue weighted by Gasteiger charge is 2.39. The topological polar surface area (TPSA) is 90.0 Å². The lowest BCUT2D eigenvalue weighted by Gasteiger charge is -2.38. The molecule has 0 aromatic carbocycles. The van der Waals surface area contributed by atoms with Gasteiger partial charge in [-0.3, -0.25) is 19.4 Å². The standard InChI is InChI=1S/C20H34N4O4S/c25-19(21-16-5-6-16)13-22-8-10-23(11-9-22)14-20(26)24(17-3-1-2-4-17)18-7-12-29(27,28)15-18/h16-18H,1-15H2,(H,21,25). The van der Waals surface area contributed by atoms with Crippen molar-refractivity contribution in [3.05, 3.63) is 0 Å². The first-order valence-corrected chi connectivity index (χ1v) is 13.0. The number of nitrogens with zero attached hydrogens (tertiary/aromatic N) is 3. The smallest absolute Gasteiger partial charge is 0.237 e. The molecule has 29 heavy (non-hydrogen) atoms. The number of nitrogens with one attached hydrogen (secondary N) is 1. The molecule has 0 radical (unpaired) electrons. The van der Waals surface area contributed by atoms with Crippen LogP contribution in [0.3, 0.4) is 0 Å². The summed E-state index contributed by atoms with van der Waals surface area (Å²) < 4.78 is 24.0. The minimum absolute atomic E-state index is 0.0823. The average Bonchev–Trinajstić information content (AvgIpc) is 3.17. The number of hydrogen-bond acceptors (Lipinski definition) is 6. The summed E-state index contributed by atoms with van der Waals surface area (Å²) in [5.74, 6) is 0.514. The summed E-state index contributed by atoms with van der Waals surface area (Å²) in [4.78, 5) is 31.4. The van der Waals surface area contributed by atoms with Gasteiger partial charge in [0.15, 0.2) is 9.84 Å². The molecule has 0 aromatic heterocycles. The largest absolute Gasteiger partial charge is 0.352 e. The Morgan fingerprint density at radius 3 is 2.03 bits per heavy atom. The number of carbonyl (C=O) groups excluding carboxylic acids is 2. The zero-order chi connectivity index (χ0) is 20.4. The summed E-state index contributed by atoms with van der Waals surface area (Å²) in [6, 6.07) is 0.443. The van der Waals surface area contributed by atoms with E-state index in [1.807, 2.05) is 4.90 Å². The van der Waals surface area contributed by atoms with E-state index in [0.717, 1.165) is 64.7 Å². The number of rotatable bonds is 7. The lowest BCUT2D eigenvalue weighted by Crippen LogP contribution is -2.54. The van der Waals surface area contributed by atoms with Gasteiger partial charge >= 0.3 is 0 Å². The summed E-state index contributed by atoms with van der Waals surface area (Å²) in [6.45, 7) is 3.90. The Morgan fingerprint density at radius 1 is 0.862 bits per heavy atom. The van der Waals surface area contributed by atoms with Crippen molar-refractivity contribution in [1.82, 2.24) is 20.0 Å². The third-order valence-corrected chi connectivity index (χ3v) is 8.49. The van der Waals surface area contributed by atoms with Crippen LogP contribution < -0.4 is 5.32 Å². The Morgan fingerprint density at radius 2 is 1.48 bits per heavy atom. The van der Waals surface area contributed by atoms with Crippen LogP contribution >= 0.6 is 0 Å². The molecule has 2 aliphatic carbocycles. The summed E-state index contributed by atoms with van der Waals surface area (Å²) in [6.07, 6.45) is 7.00. The van der Waals surface area contributed by atoms with Crippen molar-refractivity contribution >= 4 is 21.7 Å². The van der Waals surface area contributed by atoms with Gasteiger partial charge in [0.05, 0.1) is 24.6 Å². The molecule has 2 saturated heterocycles. The molecule has 9 heteroatoms. The molecule has 1 N–H and O–H groups in total. The first-order valence-electron chi connectivity index (χ1n) is 11.2. The fourth-order valence-electron chi connectivity index (χ4n) is 4.97. The van der Waals surface area contributed by atoms with Crippen molar-refractivity contribution < 1.29 is 18.0 Å². The van der Waals surface area contributed by atoms with Crippen LogP contribution in [0.25, 0.3) is 0 Å². The van der Waals surface area contributed by atoms with Gasteiger partial charge in [-0.2, -0.15) is 0 Å². The van der Waals surface area contributed by atoms with E-state index in [-0.39, 0.29) is 35.4 Å². The molecule has 164 valence electrons. The van der Waals surface area contributed by atoms with Crippen LogP contribution in [-0.2, 0) is 19.4 Å². The number of hydrogen-bond donors (Lipinski definition) is 1. The molecule has 1 unspecified atom stereocenters. The van der Waals surface area contributed by atoms with Gasteiger partial charge in [-0.15, -0.1) is 0 Å². The van der Waals surface area contributed by atoms with Gasteiger partial charge in [-0.05, 0) is 32.1 Å². The Balaban J connectivity index is 1.28. The zero-order valence-corrected chi connectivity index (χ0v) is 18.0. The second-order valence-corrected chi connectivity index (χ2v) is 11.4. The first-order chi connectivity index (χ1) is 13.9. The third kappa shape index (κ3) is 5.70. The number of piperazine rings is 1. The van der Waals surface area contributed by atoms with Gasteiger partial charge in [0.2, 0.25) is 11.8 Å². The Labute approximate surface area is 173 Å². The van der Waals surface area contributed by atoms with Gasteiger partial charge < -0.3 is 10.2 Å². The second kappa shape index (κ2) is 8.89. The molecule has 2 heterocycles. The number of sulfone groups is 1. The summed E-state index contributed by atoms with van der Waals surface area (Å²) in [7, 11) is -3.01. The van der Waals surface area contributed by atoms with Gasteiger partial charge in [0.1, 0.15) is 0 Å². The molecule has 4 fully saturated rings. The van der Waals surface area contributed by atoms with Crippen molar-refractivity contribution in [3.63, 3.8) is 0 Å². The Kier molecular flexibility index (Phi) is 6.46. The maximum absolute atomic E-state index is 13.2. The van der Waals surface area contributed by atoms with E-state index in [1.54, 1.807) is 0 Å². The molecule has 4 aliphatic rings. The maximum atomic E-state index is 13.2. The van der Waals surface area contributed by atoms with Crippen molar-refractivity contribution in [2.24, 2.45) is 0 Å². The molecular formula is C20H34N4O4S. The summed E-state index contributed by atoms with van der Waals surface area (Å²) in [5.41, 5.74) is 0. The third-order valence-electron chi connectivity index (χ3n) is 6.74. The first kappa shape index (κ1) is 21.1. The predicted octanol–water partition coefficient (Wildman–Crippen LogP) is -0.159. The van der Waals surface area contributed by atoms with Crippen molar-refractivity contribution in [1.29, 1.82) is 0 Å². The van der Waals surface area contributed by atoms with Gasteiger partial charge in [-0.25, -0.2) is 8.42 Å². The highest BCUT2D eigenvalue weighted by atomic mass is 32.2. The van der Waals surface area contributed by atoms with Gasteiger partial charge in [-0.1, -0.05) is 12.8 Å². The van der Waals surface area contributed by atoms with Gasteiger partial charge in [0, 0.05) is 44.3 Å². The minimum atomic E-state index is -3.01. The van der Waals surface area contributed by atoms with Crippen molar-refractivity contribution in [2.75, 3.05) is 50.8 Å². The van der Waals surface area contributed by atoms with Crippen LogP contribution in [0.5, 0.6) is 0 Å². The van der Waals surface area contributed by atoms with E-state index < -0.39 is 9.84 Å². The van der Waals surface area contributed by atoms with Crippen LogP contribution in [0.1, 0.15) is 44.9 Å². The average molecular weight is 427 g/mol. The second-order valence-electron chi connectivity index (χ2n) is 9.19. The lowest BCUT2D eigenvalue weighted by molar-refractivity contribution is -0.137. The van der Waals surface area contributed by atoms with E-state index in [2.05, 4.69) is 15.1 Å². The monoisotopic (exact) mass is 426 g/mol. The highest BCUT2D eigenvalue weighted by Crippen LogP contribution is 2.29. The molecule has 0 spiro atoms. The van der Waals surface area contributed by atoms with Crippen LogP contribution in [0, 0.1) is 0 Å². The van der Waals surface area contributed by atoms with E-state index >= 15 is 0 Å². The van der Waals surface area contributed by atoms with Crippen LogP contribution in [0.15, 0.2) is 0 Å². The fourth-order valence-corrected chi connectivity index (χ4v) is 6.68. The van der Waals surface area contributed by atoms with Crippen molar-refractivity contribution in [2.45, 2.75) is 63.1 Å². The van der Waals surface area contributed by atoms with E-state index in [4.69, 9.17) is 0 Å². The Hall–Kier alpha value is -1.19. The summed E-state index contributed by atoms with van der Waals surface area (Å²) in [5, 5.41) is 3.02. The van der Waals surface area contributed by atoms with Gasteiger partial charge in [0.25, 0.3) is 0 Å². The number of carbonyl (C=O) groups is 2. The van der Waals surface area contributed by atoms with Crippen LogP contribution in [0.4, 0.5) is 0 Å². The normalized spacial score (nSPS) is 28.5. The number of amides is 2.